The first-order valence-electron chi connectivity index (χ1n) is 9.68. The molecule has 0 amide bonds. The fraction of sp³-hybridized carbons (Fsp3) is 0.381. The Morgan fingerprint density at radius 2 is 1.86 bits per heavy atom. The lowest BCUT2D eigenvalue weighted by Crippen LogP contribution is -2.46. The molecule has 0 N–H and O–H groups in total. The van der Waals surface area contributed by atoms with Crippen molar-refractivity contribution in [1.29, 1.82) is 0 Å². The molecule has 0 unspecified atom stereocenters. The topological polar surface area (TPSA) is 33.0 Å². The number of hydrogen-bond acceptors (Lipinski definition) is 4. The average Bonchev–Trinajstić information content (AvgIpc) is 3.18. The number of rotatable bonds is 7. The van der Waals surface area contributed by atoms with Gasteiger partial charge in [0.2, 0.25) is 0 Å². The largest absolute Gasteiger partial charge is 0.493 e. The van der Waals surface area contributed by atoms with E-state index in [0.29, 0.717) is 10.0 Å². The van der Waals surface area contributed by atoms with Crippen LogP contribution in [0.5, 0.6) is 5.75 Å². The maximum Gasteiger partial charge on any atom is 0.122 e. The number of benzene rings is 1. The predicted molar refractivity (Wildman–Crippen MR) is 115 cm³/mol. The highest BCUT2D eigenvalue weighted by Gasteiger charge is 2.19. The molecule has 0 aliphatic carbocycles. The van der Waals surface area contributed by atoms with Crippen LogP contribution in [0.1, 0.15) is 12.8 Å². The lowest BCUT2D eigenvalue weighted by Gasteiger charge is -2.36. The summed E-state index contributed by atoms with van der Waals surface area (Å²) in [6, 6.07) is 11.8. The Balaban J connectivity index is 1.16. The van der Waals surface area contributed by atoms with Gasteiger partial charge in [0.05, 0.1) is 27.9 Å². The summed E-state index contributed by atoms with van der Waals surface area (Å²) < 4.78 is 7.71. The molecule has 7 heteroatoms. The van der Waals surface area contributed by atoms with E-state index in [4.69, 9.17) is 27.9 Å². The van der Waals surface area contributed by atoms with Crippen molar-refractivity contribution in [1.82, 2.24) is 14.5 Å². The molecule has 3 heterocycles. The average molecular weight is 419 g/mol. The van der Waals surface area contributed by atoms with Crippen molar-refractivity contribution in [3.8, 4) is 5.75 Å². The summed E-state index contributed by atoms with van der Waals surface area (Å²) in [6.45, 7) is 5.87. The maximum atomic E-state index is 6.35. The van der Waals surface area contributed by atoms with Gasteiger partial charge >= 0.3 is 0 Å². The Bertz CT molecular complexity index is 922. The predicted octanol–water partition coefficient (Wildman–Crippen LogP) is 4.62. The molecule has 0 bridgehead atoms. The van der Waals surface area contributed by atoms with E-state index < -0.39 is 0 Å². The number of hydrogen-bond donors (Lipinski definition) is 0. The molecule has 1 fully saturated rings. The molecule has 3 aromatic rings. The van der Waals surface area contributed by atoms with Crippen LogP contribution in [0.15, 0.2) is 48.8 Å². The number of ether oxygens (including phenoxy) is 1. The van der Waals surface area contributed by atoms with Gasteiger partial charge in [0, 0.05) is 44.6 Å². The number of anilines is 1. The molecule has 4 rings (SSSR count). The fourth-order valence-corrected chi connectivity index (χ4v) is 3.98. The van der Waals surface area contributed by atoms with Crippen molar-refractivity contribution in [3.63, 3.8) is 0 Å². The molecule has 0 radical (unpaired) electrons. The maximum absolute atomic E-state index is 6.35. The Hall–Kier alpha value is -1.95. The summed E-state index contributed by atoms with van der Waals surface area (Å²) >= 11 is 12.5. The highest BCUT2D eigenvalue weighted by Crippen LogP contribution is 2.32. The van der Waals surface area contributed by atoms with E-state index >= 15 is 0 Å². The van der Waals surface area contributed by atoms with Gasteiger partial charge in [-0.2, -0.15) is 5.10 Å². The monoisotopic (exact) mass is 418 g/mol. The lowest BCUT2D eigenvalue weighted by atomic mass is 10.2. The van der Waals surface area contributed by atoms with Gasteiger partial charge in [-0.25, -0.2) is 4.52 Å². The molecule has 5 nitrogen and oxygen atoms in total. The van der Waals surface area contributed by atoms with Gasteiger partial charge in [-0.1, -0.05) is 29.3 Å². The second kappa shape index (κ2) is 9.03. The van der Waals surface area contributed by atoms with Gasteiger partial charge in [0.15, 0.2) is 0 Å². The van der Waals surface area contributed by atoms with Crippen LogP contribution >= 0.6 is 23.2 Å². The van der Waals surface area contributed by atoms with Gasteiger partial charge in [0.25, 0.3) is 0 Å². The third kappa shape index (κ3) is 4.54. The summed E-state index contributed by atoms with van der Waals surface area (Å²) in [5.41, 5.74) is 2.09. The Labute approximate surface area is 175 Å². The highest BCUT2D eigenvalue weighted by atomic mass is 35.5. The minimum Gasteiger partial charge on any atom is -0.493 e. The fourth-order valence-electron chi connectivity index (χ4n) is 3.57. The van der Waals surface area contributed by atoms with E-state index in [0.717, 1.165) is 69.1 Å². The Morgan fingerprint density at radius 3 is 2.71 bits per heavy atom. The first-order valence-corrected chi connectivity index (χ1v) is 10.4. The molecule has 0 atom stereocenters. The summed E-state index contributed by atoms with van der Waals surface area (Å²) in [7, 11) is 0. The number of aromatic nitrogens is 2. The van der Waals surface area contributed by atoms with Crippen molar-refractivity contribution in [2.45, 2.75) is 12.8 Å². The number of fused-ring (bicyclic) bond motifs is 1. The van der Waals surface area contributed by atoms with Crippen LogP contribution in [0, 0.1) is 0 Å². The van der Waals surface area contributed by atoms with Crippen LogP contribution in [0.3, 0.4) is 0 Å². The number of unbranched alkanes of at least 4 members (excludes halogenated alkanes) is 1. The third-order valence-corrected chi connectivity index (χ3v) is 5.96. The lowest BCUT2D eigenvalue weighted by molar-refractivity contribution is 0.238. The zero-order valence-electron chi connectivity index (χ0n) is 15.7. The van der Waals surface area contributed by atoms with Crippen LogP contribution < -0.4 is 9.64 Å². The zero-order valence-corrected chi connectivity index (χ0v) is 17.2. The van der Waals surface area contributed by atoms with Crippen molar-refractivity contribution in [2.75, 3.05) is 44.2 Å². The molecule has 1 aromatic carbocycles. The second-order valence-electron chi connectivity index (χ2n) is 7.02. The molecular weight excluding hydrogens is 395 g/mol. The van der Waals surface area contributed by atoms with E-state index in [-0.39, 0.29) is 0 Å². The van der Waals surface area contributed by atoms with Gasteiger partial charge in [-0.05, 0) is 43.7 Å². The van der Waals surface area contributed by atoms with Gasteiger partial charge in [0.1, 0.15) is 5.75 Å². The third-order valence-electron chi connectivity index (χ3n) is 5.15. The van der Waals surface area contributed by atoms with Gasteiger partial charge < -0.3 is 9.64 Å². The molecular formula is C21H24Cl2N4O. The quantitative estimate of drug-likeness (QED) is 0.524. The first kappa shape index (κ1) is 19.4. The smallest absolute Gasteiger partial charge is 0.122 e. The minimum absolute atomic E-state index is 0.619. The molecule has 0 spiro atoms. The minimum atomic E-state index is 0.619. The number of halogens is 2. The van der Waals surface area contributed by atoms with Crippen molar-refractivity contribution in [2.24, 2.45) is 0 Å². The Morgan fingerprint density at radius 1 is 1.00 bits per heavy atom. The molecule has 1 saturated heterocycles. The van der Waals surface area contributed by atoms with Crippen molar-refractivity contribution in [3.05, 3.63) is 58.8 Å². The molecule has 0 saturated carbocycles. The van der Waals surface area contributed by atoms with E-state index in [9.17, 15) is 0 Å². The van der Waals surface area contributed by atoms with Crippen molar-refractivity contribution >= 4 is 34.4 Å². The normalized spacial score (nSPS) is 15.3. The van der Waals surface area contributed by atoms with Crippen LogP contribution in [0.4, 0.5) is 5.69 Å². The van der Waals surface area contributed by atoms with E-state index in [1.807, 2.05) is 47.1 Å². The Kier molecular flexibility index (Phi) is 6.25. The van der Waals surface area contributed by atoms with Crippen LogP contribution in [-0.2, 0) is 0 Å². The molecule has 148 valence electrons. The molecule has 28 heavy (non-hydrogen) atoms. The summed E-state index contributed by atoms with van der Waals surface area (Å²) in [5.74, 6) is 0.903. The second-order valence-corrected chi connectivity index (χ2v) is 7.81. The van der Waals surface area contributed by atoms with Gasteiger partial charge in [-0.3, -0.25) is 4.90 Å². The number of piperazine rings is 1. The zero-order chi connectivity index (χ0) is 19.3. The molecule has 1 aliphatic heterocycles. The summed E-state index contributed by atoms with van der Waals surface area (Å²) in [6.07, 6.45) is 5.90. The highest BCUT2D eigenvalue weighted by molar-refractivity contribution is 6.43. The summed E-state index contributed by atoms with van der Waals surface area (Å²) in [5, 5.41) is 5.47. The molecule has 2 aromatic heterocycles. The summed E-state index contributed by atoms with van der Waals surface area (Å²) in [4.78, 5) is 4.83. The van der Waals surface area contributed by atoms with E-state index in [2.05, 4.69) is 14.9 Å². The SMILES string of the molecule is Clc1cccc(N2CCN(CCCCOc3ccn4nccc4c3)CC2)c1Cl. The van der Waals surface area contributed by atoms with Gasteiger partial charge in [-0.15, -0.1) is 0 Å². The molecule has 1 aliphatic rings. The number of pyridine rings is 1. The van der Waals surface area contributed by atoms with E-state index in [1.54, 1.807) is 6.20 Å². The number of nitrogens with zero attached hydrogens (tertiary/aromatic N) is 4. The first-order chi connectivity index (χ1) is 13.7. The van der Waals surface area contributed by atoms with Crippen LogP contribution in [-0.4, -0.2) is 53.8 Å². The standard InChI is InChI=1S/C21H24Cl2N4O/c22-19-4-3-5-20(21(19)23)26-13-11-25(12-14-26)9-1-2-15-28-18-7-10-27-17(16-18)6-8-24-27/h3-8,10,16H,1-2,9,11-15H2. The van der Waals surface area contributed by atoms with Crippen molar-refractivity contribution < 1.29 is 4.74 Å². The van der Waals surface area contributed by atoms with E-state index in [1.165, 1.54) is 0 Å². The van der Waals surface area contributed by atoms with Crippen LogP contribution in [0.25, 0.3) is 5.52 Å². The van der Waals surface area contributed by atoms with Crippen LogP contribution in [0.2, 0.25) is 10.0 Å².